The van der Waals surface area contributed by atoms with E-state index in [1.165, 1.54) is 30.3 Å². The van der Waals surface area contributed by atoms with Crippen molar-refractivity contribution in [2.45, 2.75) is 24.7 Å². The Labute approximate surface area is 241 Å². The number of aromatic carboxylic acids is 1. The number of nitro benzene ring substituents is 1. The van der Waals surface area contributed by atoms with Crippen LogP contribution in [0, 0.1) is 17.0 Å². The number of nitro groups is 1. The molecule has 1 aliphatic rings. The number of nitrogens with one attached hydrogen (secondary N) is 2. The maximum atomic E-state index is 13.4. The summed E-state index contributed by atoms with van der Waals surface area (Å²) in [6.07, 6.45) is 3.62. The maximum Gasteiger partial charge on any atom is 0.337 e. The molecule has 0 amide bonds. The minimum absolute atomic E-state index is 0.0482. The molecule has 1 aromatic heterocycles. The van der Waals surface area contributed by atoms with Gasteiger partial charge >= 0.3 is 5.97 Å². The summed E-state index contributed by atoms with van der Waals surface area (Å²) in [4.78, 5) is 24.1. The Bertz CT molecular complexity index is 1780. The highest BCUT2D eigenvalue weighted by atomic mass is 32.2. The minimum Gasteiger partial charge on any atom is -0.478 e. The fourth-order valence-corrected chi connectivity index (χ4v) is 5.98. The molecule has 3 N–H and O–H groups in total. The number of hydrazone groups is 1. The number of carboxylic acids is 1. The summed E-state index contributed by atoms with van der Waals surface area (Å²) in [6, 6.07) is 18.4. The number of para-hydroxylation sites is 2. The molecule has 4 aromatic rings. The number of carboxylic acid groups (broad SMARTS) is 1. The molecule has 0 saturated carbocycles. The van der Waals surface area contributed by atoms with Crippen molar-refractivity contribution in [3.63, 3.8) is 0 Å². The van der Waals surface area contributed by atoms with Gasteiger partial charge in [-0.1, -0.05) is 30.3 Å². The molecule has 0 spiro atoms. The molecule has 0 unspecified atom stereocenters. The lowest BCUT2D eigenvalue weighted by atomic mass is 10.2. The largest absolute Gasteiger partial charge is 0.478 e. The molecule has 0 bridgehead atoms. The highest BCUT2D eigenvalue weighted by molar-refractivity contribution is 7.93. The summed E-state index contributed by atoms with van der Waals surface area (Å²) in [5.41, 5.74) is 4.04. The van der Waals surface area contributed by atoms with Gasteiger partial charge in [-0.3, -0.25) is 20.3 Å². The Hall–Kier alpha value is -5.24. The van der Waals surface area contributed by atoms with Gasteiger partial charge in [0.05, 0.1) is 45.0 Å². The van der Waals surface area contributed by atoms with E-state index in [4.69, 9.17) is 5.10 Å². The second kappa shape index (κ2) is 11.7. The molecule has 14 heteroatoms. The fourth-order valence-electron chi connectivity index (χ4n) is 4.72. The summed E-state index contributed by atoms with van der Waals surface area (Å²) in [5, 5.41) is 30.0. The van der Waals surface area contributed by atoms with Gasteiger partial charge < -0.3 is 10.0 Å². The van der Waals surface area contributed by atoms with Crippen LogP contribution in [0.25, 0.3) is 5.69 Å². The Balaban J connectivity index is 1.51. The topological polar surface area (TPSA) is 172 Å². The molecule has 5 rings (SSSR count). The second-order valence-corrected chi connectivity index (χ2v) is 11.2. The van der Waals surface area contributed by atoms with Crippen molar-refractivity contribution in [1.82, 2.24) is 9.78 Å². The van der Waals surface area contributed by atoms with E-state index in [1.54, 1.807) is 6.21 Å². The molecule has 216 valence electrons. The molecule has 3 aromatic carbocycles. The molecular formula is C28H27N7O6S. The first kappa shape index (κ1) is 28.3. The van der Waals surface area contributed by atoms with Crippen molar-refractivity contribution in [3.8, 4) is 5.69 Å². The van der Waals surface area contributed by atoms with Crippen LogP contribution in [0.5, 0.6) is 0 Å². The average Bonchev–Trinajstić information content (AvgIpc) is 3.61. The van der Waals surface area contributed by atoms with Crippen LogP contribution in [0.4, 0.5) is 22.9 Å². The number of rotatable bonds is 10. The van der Waals surface area contributed by atoms with Crippen LogP contribution in [0.3, 0.4) is 0 Å². The third-order valence-electron chi connectivity index (χ3n) is 6.73. The number of non-ortho nitro benzene ring substituents is 1. The van der Waals surface area contributed by atoms with E-state index in [1.807, 2.05) is 41.9 Å². The zero-order valence-corrected chi connectivity index (χ0v) is 23.3. The zero-order chi connectivity index (χ0) is 29.9. The molecule has 0 radical (unpaired) electrons. The van der Waals surface area contributed by atoms with Gasteiger partial charge in [-0.25, -0.2) is 17.9 Å². The summed E-state index contributed by atoms with van der Waals surface area (Å²) < 4.78 is 30.9. The van der Waals surface area contributed by atoms with Gasteiger partial charge in [-0.2, -0.15) is 10.2 Å². The smallest absolute Gasteiger partial charge is 0.337 e. The lowest BCUT2D eigenvalue weighted by molar-refractivity contribution is -0.385. The highest BCUT2D eigenvalue weighted by Crippen LogP contribution is 2.31. The Kier molecular flexibility index (Phi) is 7.88. The molecule has 1 saturated heterocycles. The lowest BCUT2D eigenvalue weighted by Crippen LogP contribution is -2.22. The third kappa shape index (κ3) is 5.78. The third-order valence-corrected chi connectivity index (χ3v) is 8.14. The normalized spacial score (nSPS) is 13.4. The fraction of sp³-hybridized carbons (Fsp3) is 0.179. The average molecular weight is 590 g/mol. The van der Waals surface area contributed by atoms with Crippen molar-refractivity contribution >= 4 is 45.1 Å². The number of carbonyl (C=O) groups is 1. The van der Waals surface area contributed by atoms with Crippen LogP contribution in [0.2, 0.25) is 0 Å². The highest BCUT2D eigenvalue weighted by Gasteiger charge is 2.26. The number of anilines is 3. The number of hydrogen-bond acceptors (Lipinski definition) is 9. The van der Waals surface area contributed by atoms with Gasteiger partial charge in [0, 0.05) is 25.2 Å². The zero-order valence-electron chi connectivity index (χ0n) is 22.5. The van der Waals surface area contributed by atoms with E-state index < -0.39 is 31.5 Å². The van der Waals surface area contributed by atoms with Gasteiger partial charge in [0.25, 0.3) is 15.7 Å². The molecule has 1 aliphatic heterocycles. The van der Waals surface area contributed by atoms with E-state index in [0.717, 1.165) is 55.1 Å². The second-order valence-electron chi connectivity index (χ2n) is 9.53. The first-order valence-electron chi connectivity index (χ1n) is 13.0. The lowest BCUT2D eigenvalue weighted by Gasteiger charge is -2.20. The van der Waals surface area contributed by atoms with Crippen LogP contribution >= 0.6 is 0 Å². The maximum absolute atomic E-state index is 13.4. The van der Waals surface area contributed by atoms with E-state index in [2.05, 4.69) is 20.1 Å². The van der Waals surface area contributed by atoms with E-state index in [-0.39, 0.29) is 16.9 Å². The summed E-state index contributed by atoms with van der Waals surface area (Å²) in [6.45, 7) is 3.55. The standard InChI is InChI=1S/C28H27N7O6S/c1-19-23(27(33-15-7-8-16-33)34(31-19)20-9-3-2-4-10-20)18-29-30-25-14-13-21(35(38)39)17-26(25)42(40,41)32-24-12-6-5-11-22(24)28(36)37/h2-6,9-14,17-18,30,32H,7-8,15-16H2,1H3,(H,36,37). The predicted molar refractivity (Wildman–Crippen MR) is 158 cm³/mol. The first-order valence-corrected chi connectivity index (χ1v) is 14.5. The SMILES string of the molecule is Cc1nn(-c2ccccc2)c(N2CCCC2)c1C=NNc1ccc([N+](=O)[O-])cc1S(=O)(=O)Nc1ccccc1C(=O)O. The number of aryl methyl sites for hydroxylation is 1. The van der Waals surface area contributed by atoms with Crippen molar-refractivity contribution < 1.29 is 23.2 Å². The Morgan fingerprint density at radius 2 is 1.74 bits per heavy atom. The van der Waals surface area contributed by atoms with Crippen molar-refractivity contribution in [1.29, 1.82) is 0 Å². The summed E-state index contributed by atoms with van der Waals surface area (Å²) in [7, 11) is -4.49. The molecule has 1 fully saturated rings. The summed E-state index contributed by atoms with van der Waals surface area (Å²) >= 11 is 0. The number of aromatic nitrogens is 2. The van der Waals surface area contributed by atoms with Crippen LogP contribution in [-0.2, 0) is 10.0 Å². The van der Waals surface area contributed by atoms with Crippen molar-refractivity contribution in [3.05, 3.63) is 99.7 Å². The van der Waals surface area contributed by atoms with Crippen LogP contribution < -0.4 is 15.0 Å². The number of nitrogens with zero attached hydrogens (tertiary/aromatic N) is 5. The number of hydrogen-bond donors (Lipinski definition) is 3. The van der Waals surface area contributed by atoms with Gasteiger partial charge in [-0.15, -0.1) is 0 Å². The Morgan fingerprint density at radius 1 is 1.05 bits per heavy atom. The number of sulfonamides is 1. The van der Waals surface area contributed by atoms with Gasteiger partial charge in [0.15, 0.2) is 0 Å². The molecule has 2 heterocycles. The quantitative estimate of drug-likeness (QED) is 0.135. The monoisotopic (exact) mass is 589 g/mol. The molecule has 13 nitrogen and oxygen atoms in total. The molecule has 0 aliphatic carbocycles. The van der Waals surface area contributed by atoms with Crippen LogP contribution in [0.15, 0.2) is 82.8 Å². The van der Waals surface area contributed by atoms with E-state index in [9.17, 15) is 28.4 Å². The van der Waals surface area contributed by atoms with E-state index in [0.29, 0.717) is 5.69 Å². The number of benzene rings is 3. The first-order chi connectivity index (χ1) is 20.2. The van der Waals surface area contributed by atoms with Crippen molar-refractivity contribution in [2.24, 2.45) is 5.10 Å². The van der Waals surface area contributed by atoms with E-state index >= 15 is 0 Å². The van der Waals surface area contributed by atoms with Gasteiger partial charge in [0.2, 0.25) is 0 Å². The predicted octanol–water partition coefficient (Wildman–Crippen LogP) is 4.63. The Morgan fingerprint density at radius 3 is 2.43 bits per heavy atom. The van der Waals surface area contributed by atoms with Crippen LogP contribution in [0.1, 0.15) is 34.5 Å². The van der Waals surface area contributed by atoms with Crippen LogP contribution in [-0.4, -0.2) is 53.5 Å². The molecule has 42 heavy (non-hydrogen) atoms. The minimum atomic E-state index is -4.49. The van der Waals surface area contributed by atoms with Gasteiger partial charge in [-0.05, 0) is 50.1 Å². The molecular weight excluding hydrogens is 562 g/mol. The summed E-state index contributed by atoms with van der Waals surface area (Å²) in [5.74, 6) is -0.485. The van der Waals surface area contributed by atoms with Gasteiger partial charge in [0.1, 0.15) is 10.7 Å². The molecule has 0 atom stereocenters. The van der Waals surface area contributed by atoms with Crippen molar-refractivity contribution in [2.75, 3.05) is 28.1 Å².